The summed E-state index contributed by atoms with van der Waals surface area (Å²) in [6.07, 6.45) is 0. The smallest absolute Gasteiger partial charge is 0.299 e. The molecule has 7 heteroatoms. The van der Waals surface area contributed by atoms with Crippen LogP contribution in [0.25, 0.3) is 0 Å². The molecule has 0 atom stereocenters. The van der Waals surface area contributed by atoms with Gasteiger partial charge in [0.15, 0.2) is 0 Å². The minimum atomic E-state index is -3.69. The van der Waals surface area contributed by atoms with Crippen LogP contribution >= 0.6 is 11.6 Å². The molecule has 0 radical (unpaired) electrons. The Morgan fingerprint density at radius 1 is 1.41 bits per heavy atom. The fraction of sp³-hybridized carbons (Fsp3) is 0.400. The van der Waals surface area contributed by atoms with Gasteiger partial charge in [-0.25, -0.2) is 0 Å². The number of rotatable bonds is 5. The summed E-state index contributed by atoms with van der Waals surface area (Å²) in [6, 6.07) is 4.13. The molecule has 0 saturated heterocycles. The Hall–Kier alpha value is -0.980. The Labute approximate surface area is 106 Å². The first kappa shape index (κ1) is 14.1. The molecule has 0 fully saturated rings. The van der Waals surface area contributed by atoms with Crippen molar-refractivity contribution in [2.24, 2.45) is 5.92 Å². The Bertz CT molecular complexity index is 488. The summed E-state index contributed by atoms with van der Waals surface area (Å²) in [5, 5.41) is 9.80. The Balaban J connectivity index is 2.79. The molecule has 0 unspecified atom stereocenters. The number of benzene rings is 1. The van der Waals surface area contributed by atoms with Crippen LogP contribution in [-0.2, 0) is 10.2 Å². The molecule has 0 bridgehead atoms. The molecule has 17 heavy (non-hydrogen) atoms. The van der Waals surface area contributed by atoms with Crippen LogP contribution in [0.4, 0.5) is 5.69 Å². The quantitative estimate of drug-likeness (QED) is 0.720. The summed E-state index contributed by atoms with van der Waals surface area (Å²) < 4.78 is 27.8. The summed E-state index contributed by atoms with van der Waals surface area (Å²) in [7, 11) is -3.69. The zero-order valence-corrected chi connectivity index (χ0v) is 11.1. The van der Waals surface area contributed by atoms with Crippen molar-refractivity contribution >= 4 is 27.5 Å². The van der Waals surface area contributed by atoms with Crippen LogP contribution in [0, 0.1) is 5.92 Å². The number of phenolic OH excluding ortho intramolecular Hbond substituents is 1. The SMILES string of the molecule is CC(C)CNS(=O)(=O)Nc1cc(Cl)ccc1O. The zero-order chi connectivity index (χ0) is 13.1. The maximum absolute atomic E-state index is 11.6. The maximum atomic E-state index is 11.6. The molecule has 0 aliphatic rings. The summed E-state index contributed by atoms with van der Waals surface area (Å²) in [5.74, 6) is 0.0175. The highest BCUT2D eigenvalue weighted by Gasteiger charge is 2.12. The van der Waals surface area contributed by atoms with E-state index in [0.29, 0.717) is 11.6 Å². The fourth-order valence-corrected chi connectivity index (χ4v) is 2.30. The largest absolute Gasteiger partial charge is 0.506 e. The third-order valence-electron chi connectivity index (χ3n) is 1.88. The minimum absolute atomic E-state index is 0.0498. The molecule has 0 amide bonds. The van der Waals surface area contributed by atoms with Crippen molar-refractivity contribution < 1.29 is 13.5 Å². The average Bonchev–Trinajstić information content (AvgIpc) is 2.20. The molecule has 1 aromatic rings. The highest BCUT2D eigenvalue weighted by Crippen LogP contribution is 2.27. The van der Waals surface area contributed by atoms with Crippen molar-refractivity contribution in [3.8, 4) is 5.75 Å². The summed E-state index contributed by atoms with van der Waals surface area (Å²) in [5.41, 5.74) is 0.0498. The third-order valence-corrected chi connectivity index (χ3v) is 3.15. The molecule has 96 valence electrons. The van der Waals surface area contributed by atoms with Gasteiger partial charge in [0.2, 0.25) is 0 Å². The molecule has 0 saturated carbocycles. The van der Waals surface area contributed by atoms with E-state index in [-0.39, 0.29) is 17.4 Å². The van der Waals surface area contributed by atoms with Crippen LogP contribution < -0.4 is 9.44 Å². The van der Waals surface area contributed by atoms with Crippen molar-refractivity contribution in [2.45, 2.75) is 13.8 Å². The molecule has 5 nitrogen and oxygen atoms in total. The van der Waals surface area contributed by atoms with Crippen molar-refractivity contribution in [1.82, 2.24) is 4.72 Å². The Kier molecular flexibility index (Phi) is 4.62. The molecule has 0 aliphatic carbocycles. The first-order valence-electron chi connectivity index (χ1n) is 5.06. The van der Waals surface area contributed by atoms with Crippen LogP contribution in [0.1, 0.15) is 13.8 Å². The minimum Gasteiger partial charge on any atom is -0.506 e. The Morgan fingerprint density at radius 3 is 2.65 bits per heavy atom. The monoisotopic (exact) mass is 278 g/mol. The number of hydrogen-bond donors (Lipinski definition) is 3. The second-order valence-electron chi connectivity index (χ2n) is 4.01. The molecular formula is C10H15ClN2O3S. The maximum Gasteiger partial charge on any atom is 0.299 e. The van der Waals surface area contributed by atoms with Crippen molar-refractivity contribution in [3.05, 3.63) is 23.2 Å². The van der Waals surface area contributed by atoms with Crippen molar-refractivity contribution in [1.29, 1.82) is 0 Å². The van der Waals surface area contributed by atoms with Crippen LogP contribution in [0.15, 0.2) is 18.2 Å². The summed E-state index contributed by atoms with van der Waals surface area (Å²) >= 11 is 5.71. The average molecular weight is 279 g/mol. The third kappa shape index (κ3) is 4.80. The lowest BCUT2D eigenvalue weighted by Crippen LogP contribution is -2.32. The molecular weight excluding hydrogens is 264 g/mol. The van der Waals surface area contributed by atoms with Gasteiger partial charge < -0.3 is 5.11 Å². The van der Waals surface area contributed by atoms with E-state index >= 15 is 0 Å². The normalized spacial score (nSPS) is 11.8. The summed E-state index contributed by atoms with van der Waals surface area (Å²) in [4.78, 5) is 0. The van der Waals surface area contributed by atoms with Gasteiger partial charge in [-0.05, 0) is 24.1 Å². The molecule has 1 rings (SSSR count). The van der Waals surface area contributed by atoms with Gasteiger partial charge in [0.25, 0.3) is 10.2 Å². The molecule has 1 aromatic carbocycles. The van der Waals surface area contributed by atoms with Crippen LogP contribution in [0.3, 0.4) is 0 Å². The molecule has 0 spiro atoms. The highest BCUT2D eigenvalue weighted by molar-refractivity contribution is 7.90. The van der Waals surface area contributed by atoms with Gasteiger partial charge >= 0.3 is 0 Å². The van der Waals surface area contributed by atoms with E-state index in [0.717, 1.165) is 0 Å². The van der Waals surface area contributed by atoms with Crippen molar-refractivity contribution in [3.63, 3.8) is 0 Å². The van der Waals surface area contributed by atoms with E-state index in [1.165, 1.54) is 18.2 Å². The van der Waals surface area contributed by atoms with Gasteiger partial charge in [-0.15, -0.1) is 0 Å². The zero-order valence-electron chi connectivity index (χ0n) is 9.57. The van der Waals surface area contributed by atoms with Gasteiger partial charge in [-0.2, -0.15) is 13.1 Å². The second kappa shape index (κ2) is 5.57. The lowest BCUT2D eigenvalue weighted by atomic mass is 10.2. The predicted molar refractivity (Wildman–Crippen MR) is 68.5 cm³/mol. The van der Waals surface area contributed by atoms with Gasteiger partial charge in [-0.1, -0.05) is 25.4 Å². The molecule has 3 N–H and O–H groups in total. The van der Waals surface area contributed by atoms with E-state index in [1.54, 1.807) is 0 Å². The molecule has 0 heterocycles. The molecule has 0 aromatic heterocycles. The number of phenols is 1. The van der Waals surface area contributed by atoms with Crippen molar-refractivity contribution in [2.75, 3.05) is 11.3 Å². The Morgan fingerprint density at radius 2 is 2.06 bits per heavy atom. The lowest BCUT2D eigenvalue weighted by molar-refractivity contribution is 0.477. The standard InChI is InChI=1S/C10H15ClN2O3S/c1-7(2)6-12-17(15,16)13-9-5-8(11)3-4-10(9)14/h3-5,7,12-14H,6H2,1-2H3. The highest BCUT2D eigenvalue weighted by atomic mass is 35.5. The van der Waals surface area contributed by atoms with E-state index < -0.39 is 10.2 Å². The number of hydrogen-bond acceptors (Lipinski definition) is 3. The van der Waals surface area contributed by atoms with Gasteiger partial charge in [0.05, 0.1) is 5.69 Å². The second-order valence-corrected chi connectivity index (χ2v) is 5.95. The van der Waals surface area contributed by atoms with Gasteiger partial charge in [-0.3, -0.25) is 4.72 Å². The van der Waals surface area contributed by atoms with Crippen LogP contribution in [0.2, 0.25) is 5.02 Å². The van der Waals surface area contributed by atoms with Crippen LogP contribution in [-0.4, -0.2) is 20.1 Å². The first-order chi connectivity index (χ1) is 7.80. The first-order valence-corrected chi connectivity index (χ1v) is 6.92. The topological polar surface area (TPSA) is 78.4 Å². The van der Waals surface area contributed by atoms with E-state index in [9.17, 15) is 13.5 Å². The number of nitrogens with one attached hydrogen (secondary N) is 2. The van der Waals surface area contributed by atoms with E-state index in [4.69, 9.17) is 11.6 Å². The number of anilines is 1. The number of aromatic hydroxyl groups is 1. The van der Waals surface area contributed by atoms with E-state index in [1.807, 2.05) is 13.8 Å². The van der Waals surface area contributed by atoms with Gasteiger partial charge in [0, 0.05) is 11.6 Å². The number of halogens is 1. The van der Waals surface area contributed by atoms with E-state index in [2.05, 4.69) is 9.44 Å². The molecule has 0 aliphatic heterocycles. The lowest BCUT2D eigenvalue weighted by Gasteiger charge is -2.12. The predicted octanol–water partition coefficient (Wildman–Crippen LogP) is 1.95. The summed E-state index contributed by atoms with van der Waals surface area (Å²) in [6.45, 7) is 4.09. The fourth-order valence-electron chi connectivity index (χ4n) is 1.05. The van der Waals surface area contributed by atoms with Crippen LogP contribution in [0.5, 0.6) is 5.75 Å². The van der Waals surface area contributed by atoms with Gasteiger partial charge in [0.1, 0.15) is 5.75 Å².